The number of hydrogen-bond donors (Lipinski definition) is 0. The monoisotopic (exact) mass is 436 g/mol. The first kappa shape index (κ1) is 21.2. The van der Waals surface area contributed by atoms with Gasteiger partial charge in [0.2, 0.25) is 5.91 Å². The summed E-state index contributed by atoms with van der Waals surface area (Å²) >= 11 is 0. The van der Waals surface area contributed by atoms with Gasteiger partial charge in [-0.25, -0.2) is 4.98 Å². The molecule has 1 atom stereocenters. The van der Waals surface area contributed by atoms with E-state index in [-0.39, 0.29) is 11.8 Å². The molecule has 1 spiro atoms. The molecule has 4 heterocycles. The van der Waals surface area contributed by atoms with Crippen molar-refractivity contribution in [3.05, 3.63) is 53.6 Å². The fraction of sp³-hybridized carbons (Fsp3) is 0.560. The average Bonchev–Trinajstić information content (AvgIpc) is 3.51. The van der Waals surface area contributed by atoms with E-state index in [2.05, 4.69) is 28.6 Å². The second-order valence-corrected chi connectivity index (χ2v) is 9.34. The van der Waals surface area contributed by atoms with E-state index in [0.717, 1.165) is 38.2 Å². The van der Waals surface area contributed by atoms with E-state index in [1.54, 1.807) is 6.20 Å². The highest BCUT2D eigenvalue weighted by Gasteiger charge is 2.48. The SMILES string of the molecule is Cc1ccccc1CCC(=O)N1CCC2(CC1)O[C@@H](C(=O)N1CCCC1)Cn1ccnc12. The molecule has 32 heavy (non-hydrogen) atoms. The molecular formula is C25H32N4O3. The number of hydrogen-bond acceptors (Lipinski definition) is 4. The summed E-state index contributed by atoms with van der Waals surface area (Å²) in [6.45, 7) is 5.52. The Morgan fingerprint density at radius 1 is 1.09 bits per heavy atom. The highest BCUT2D eigenvalue weighted by atomic mass is 16.5. The third-order valence-electron chi connectivity index (χ3n) is 7.34. The lowest BCUT2D eigenvalue weighted by molar-refractivity contribution is -0.182. The zero-order chi connectivity index (χ0) is 22.1. The fourth-order valence-electron chi connectivity index (χ4n) is 5.42. The molecule has 7 nitrogen and oxygen atoms in total. The molecule has 1 aromatic heterocycles. The summed E-state index contributed by atoms with van der Waals surface area (Å²) in [6.07, 6.45) is 8.03. The van der Waals surface area contributed by atoms with Crippen molar-refractivity contribution in [1.82, 2.24) is 19.4 Å². The molecule has 0 aliphatic carbocycles. The molecule has 3 aliphatic rings. The van der Waals surface area contributed by atoms with Crippen LogP contribution in [0, 0.1) is 6.92 Å². The van der Waals surface area contributed by atoms with Crippen LogP contribution in [0.3, 0.4) is 0 Å². The smallest absolute Gasteiger partial charge is 0.253 e. The second kappa shape index (κ2) is 8.70. The Balaban J connectivity index is 1.24. The van der Waals surface area contributed by atoms with Crippen LogP contribution < -0.4 is 0 Å². The van der Waals surface area contributed by atoms with Crippen LogP contribution in [0.25, 0.3) is 0 Å². The van der Waals surface area contributed by atoms with Crippen molar-refractivity contribution in [2.75, 3.05) is 26.2 Å². The molecule has 1 aromatic carbocycles. The van der Waals surface area contributed by atoms with Crippen molar-refractivity contribution >= 4 is 11.8 Å². The maximum absolute atomic E-state index is 13.1. The largest absolute Gasteiger partial charge is 0.352 e. The predicted octanol–water partition coefficient (Wildman–Crippen LogP) is 2.66. The van der Waals surface area contributed by atoms with E-state index in [4.69, 9.17) is 4.74 Å². The van der Waals surface area contributed by atoms with E-state index >= 15 is 0 Å². The minimum absolute atomic E-state index is 0.0953. The lowest BCUT2D eigenvalue weighted by Crippen LogP contribution is -2.55. The number of likely N-dealkylation sites (tertiary alicyclic amines) is 2. The molecule has 3 aliphatic heterocycles. The Labute approximate surface area is 189 Å². The number of ether oxygens (including phenoxy) is 1. The van der Waals surface area contributed by atoms with Gasteiger partial charge in [0.05, 0.1) is 6.54 Å². The van der Waals surface area contributed by atoms with Gasteiger partial charge in [0, 0.05) is 57.8 Å². The summed E-state index contributed by atoms with van der Waals surface area (Å²) in [5.41, 5.74) is 1.87. The van der Waals surface area contributed by atoms with E-state index < -0.39 is 11.7 Å². The molecule has 0 bridgehead atoms. The van der Waals surface area contributed by atoms with Crippen LogP contribution in [-0.2, 0) is 32.9 Å². The summed E-state index contributed by atoms with van der Waals surface area (Å²) in [7, 11) is 0. The highest BCUT2D eigenvalue weighted by Crippen LogP contribution is 2.40. The van der Waals surface area contributed by atoms with Crippen molar-refractivity contribution in [2.24, 2.45) is 0 Å². The summed E-state index contributed by atoms with van der Waals surface area (Å²) in [6, 6.07) is 8.24. The van der Waals surface area contributed by atoms with E-state index in [1.807, 2.05) is 28.1 Å². The first-order valence-corrected chi connectivity index (χ1v) is 11.9. The number of aromatic nitrogens is 2. The number of imidazole rings is 1. The Morgan fingerprint density at radius 3 is 2.59 bits per heavy atom. The molecule has 170 valence electrons. The Hall–Kier alpha value is -2.67. The number of amides is 2. The standard InChI is InChI=1S/C25H32N4O3/c1-19-6-2-3-7-20(19)8-9-22(30)27-15-10-25(11-16-27)24-26-12-17-29(24)18-21(32-25)23(31)28-13-4-5-14-28/h2-3,6-7,12,17,21H,4-5,8-11,13-16,18H2,1H3/t21-/m1/s1. The van der Waals surface area contributed by atoms with Crippen molar-refractivity contribution < 1.29 is 14.3 Å². The van der Waals surface area contributed by atoms with Gasteiger partial charge >= 0.3 is 0 Å². The molecule has 5 rings (SSSR count). The van der Waals surface area contributed by atoms with E-state index in [1.165, 1.54) is 11.1 Å². The Bertz CT molecular complexity index is 987. The predicted molar refractivity (Wildman–Crippen MR) is 120 cm³/mol. The van der Waals surface area contributed by atoms with Gasteiger partial charge in [0.25, 0.3) is 5.91 Å². The van der Waals surface area contributed by atoms with Crippen LogP contribution in [0.5, 0.6) is 0 Å². The van der Waals surface area contributed by atoms with Crippen LogP contribution in [0.2, 0.25) is 0 Å². The number of rotatable bonds is 4. The summed E-state index contributed by atoms with van der Waals surface area (Å²) in [5.74, 6) is 1.18. The normalized spacial score (nSPS) is 22.2. The third kappa shape index (κ3) is 3.94. The maximum Gasteiger partial charge on any atom is 0.253 e. The number of aryl methyl sites for hydroxylation is 2. The van der Waals surface area contributed by atoms with Crippen LogP contribution in [0.15, 0.2) is 36.7 Å². The van der Waals surface area contributed by atoms with Gasteiger partial charge in [-0.05, 0) is 37.3 Å². The summed E-state index contributed by atoms with van der Waals surface area (Å²) in [5, 5.41) is 0. The zero-order valence-corrected chi connectivity index (χ0v) is 18.8. The topological polar surface area (TPSA) is 67.7 Å². The molecule has 2 saturated heterocycles. The van der Waals surface area contributed by atoms with Crippen LogP contribution in [-0.4, -0.2) is 63.4 Å². The van der Waals surface area contributed by atoms with Crippen molar-refractivity contribution in [2.45, 2.75) is 63.7 Å². The summed E-state index contributed by atoms with van der Waals surface area (Å²) < 4.78 is 8.62. The molecule has 7 heteroatoms. The number of benzene rings is 1. The van der Waals surface area contributed by atoms with Gasteiger partial charge in [-0.2, -0.15) is 0 Å². The Kier molecular flexibility index (Phi) is 5.76. The fourth-order valence-corrected chi connectivity index (χ4v) is 5.42. The van der Waals surface area contributed by atoms with Crippen LogP contribution in [0.4, 0.5) is 0 Å². The molecule has 2 amide bonds. The number of nitrogens with zero attached hydrogens (tertiary/aromatic N) is 4. The molecule has 0 N–H and O–H groups in total. The quantitative estimate of drug-likeness (QED) is 0.739. The average molecular weight is 437 g/mol. The van der Waals surface area contributed by atoms with Crippen LogP contribution in [0.1, 0.15) is 49.1 Å². The molecule has 2 fully saturated rings. The number of carbonyl (C=O) groups excluding carboxylic acids is 2. The third-order valence-corrected chi connectivity index (χ3v) is 7.34. The maximum atomic E-state index is 13.1. The van der Waals surface area contributed by atoms with Gasteiger partial charge in [-0.1, -0.05) is 24.3 Å². The summed E-state index contributed by atoms with van der Waals surface area (Å²) in [4.78, 5) is 34.5. The van der Waals surface area contributed by atoms with Crippen LogP contribution >= 0.6 is 0 Å². The molecule has 2 aromatic rings. The molecule has 0 radical (unpaired) electrons. The minimum atomic E-state index is -0.589. The first-order chi connectivity index (χ1) is 15.6. The molecule has 0 saturated carbocycles. The van der Waals surface area contributed by atoms with Crippen molar-refractivity contribution in [1.29, 1.82) is 0 Å². The zero-order valence-electron chi connectivity index (χ0n) is 18.8. The van der Waals surface area contributed by atoms with E-state index in [9.17, 15) is 9.59 Å². The van der Waals surface area contributed by atoms with Gasteiger partial charge < -0.3 is 19.1 Å². The number of fused-ring (bicyclic) bond motifs is 2. The van der Waals surface area contributed by atoms with Crippen molar-refractivity contribution in [3.63, 3.8) is 0 Å². The van der Waals surface area contributed by atoms with Crippen molar-refractivity contribution in [3.8, 4) is 0 Å². The minimum Gasteiger partial charge on any atom is -0.352 e. The second-order valence-electron chi connectivity index (χ2n) is 9.34. The highest BCUT2D eigenvalue weighted by molar-refractivity contribution is 5.81. The van der Waals surface area contributed by atoms with Gasteiger partial charge in [0.1, 0.15) is 11.4 Å². The molecular weight excluding hydrogens is 404 g/mol. The van der Waals surface area contributed by atoms with Gasteiger partial charge in [-0.15, -0.1) is 0 Å². The Morgan fingerprint density at radius 2 is 1.84 bits per heavy atom. The number of piperidine rings is 1. The molecule has 0 unspecified atom stereocenters. The van der Waals surface area contributed by atoms with Gasteiger partial charge in [0.15, 0.2) is 6.10 Å². The number of carbonyl (C=O) groups is 2. The lowest BCUT2D eigenvalue weighted by atomic mass is 9.88. The first-order valence-electron chi connectivity index (χ1n) is 11.9. The van der Waals surface area contributed by atoms with E-state index in [0.29, 0.717) is 38.9 Å². The van der Waals surface area contributed by atoms with Gasteiger partial charge in [-0.3, -0.25) is 9.59 Å². The lowest BCUT2D eigenvalue weighted by Gasteiger charge is -2.46.